The summed E-state index contributed by atoms with van der Waals surface area (Å²) in [4.78, 5) is 14.3. The quantitative estimate of drug-likeness (QED) is 0.154. The Bertz CT molecular complexity index is 4060. The molecule has 0 aliphatic carbocycles. The van der Waals surface area contributed by atoms with Crippen LogP contribution < -0.4 is 5.56 Å². The third-order valence-electron chi connectivity index (χ3n) is 13.3. The van der Waals surface area contributed by atoms with Gasteiger partial charge in [-0.3, -0.25) is 9.36 Å². The summed E-state index contributed by atoms with van der Waals surface area (Å²) in [6.07, 6.45) is 0. The van der Waals surface area contributed by atoms with Gasteiger partial charge in [-0.2, -0.15) is 0 Å². The van der Waals surface area contributed by atoms with Gasteiger partial charge in [-0.05, 0) is 130 Å². The maximum Gasteiger partial charge on any atom is 0.263 e. The summed E-state index contributed by atoms with van der Waals surface area (Å²) in [6.45, 7) is 0. The maximum atomic E-state index is 14.3. The number of pyridine rings is 1. The summed E-state index contributed by atoms with van der Waals surface area (Å²) in [5, 5.41) is 7.62. The number of fused-ring (bicyclic) bond motifs is 9. The van der Waals surface area contributed by atoms with E-state index < -0.39 is 0 Å². The van der Waals surface area contributed by atoms with Crippen molar-refractivity contribution < 1.29 is 0 Å². The largest absolute Gasteiger partial charge is 0.309 e. The van der Waals surface area contributed by atoms with E-state index in [1.807, 2.05) is 28.8 Å². The number of aromatic nitrogens is 3. The van der Waals surface area contributed by atoms with Crippen LogP contribution in [0, 0.1) is 0 Å². The first-order valence-electron chi connectivity index (χ1n) is 22.1. The Morgan fingerprint density at radius 2 is 0.585 bits per heavy atom. The Morgan fingerprint density at radius 1 is 0.215 bits per heavy atom. The van der Waals surface area contributed by atoms with Crippen molar-refractivity contribution in [2.24, 2.45) is 0 Å². The Balaban J connectivity index is 0.887. The van der Waals surface area contributed by atoms with E-state index in [2.05, 4.69) is 221 Å². The van der Waals surface area contributed by atoms with E-state index in [-0.39, 0.29) is 5.56 Å². The first-order valence-corrected chi connectivity index (χ1v) is 22.1. The van der Waals surface area contributed by atoms with Crippen molar-refractivity contribution in [1.82, 2.24) is 13.7 Å². The minimum atomic E-state index is -0.0268. The van der Waals surface area contributed by atoms with Crippen molar-refractivity contribution in [3.63, 3.8) is 0 Å². The predicted molar refractivity (Wildman–Crippen MR) is 272 cm³/mol. The SMILES string of the molecule is O=c1c2ccccc2c2cc(-c3ccccc3)ccc2n1-c1ccc(-c2cccc(-n3c4ccccc4c4cc(-c5ccc6c(c5)c5ccccc5n6-c5ccccc5)ccc43)c2)cc1. The predicted octanol–water partition coefficient (Wildman–Crippen LogP) is 15.3. The normalized spacial score (nSPS) is 11.8. The highest BCUT2D eigenvalue weighted by molar-refractivity contribution is 6.13. The van der Waals surface area contributed by atoms with Gasteiger partial charge >= 0.3 is 0 Å². The highest BCUT2D eigenvalue weighted by Gasteiger charge is 2.18. The van der Waals surface area contributed by atoms with Gasteiger partial charge in [0.2, 0.25) is 0 Å². The molecule has 0 bridgehead atoms. The number of para-hydroxylation sites is 3. The van der Waals surface area contributed by atoms with Gasteiger partial charge in [0.1, 0.15) is 0 Å². The molecule has 0 aliphatic heterocycles. The number of hydrogen-bond donors (Lipinski definition) is 0. The zero-order chi connectivity index (χ0) is 43.0. The molecule has 13 rings (SSSR count). The number of benzene rings is 10. The van der Waals surface area contributed by atoms with Crippen LogP contribution in [0.1, 0.15) is 0 Å². The van der Waals surface area contributed by atoms with Gasteiger partial charge in [0, 0.05) is 49.4 Å². The van der Waals surface area contributed by atoms with E-state index in [1.54, 1.807) is 0 Å². The average Bonchev–Trinajstić information content (AvgIpc) is 3.89. The van der Waals surface area contributed by atoms with Crippen LogP contribution in [-0.4, -0.2) is 13.7 Å². The van der Waals surface area contributed by atoms with Gasteiger partial charge in [0.05, 0.1) is 27.6 Å². The Morgan fingerprint density at radius 3 is 1.20 bits per heavy atom. The summed E-state index contributed by atoms with van der Waals surface area (Å²) in [5.41, 5.74) is 15.5. The maximum absolute atomic E-state index is 14.3. The molecule has 304 valence electrons. The fraction of sp³-hybridized carbons (Fsp3) is 0. The molecule has 0 radical (unpaired) electrons. The lowest BCUT2D eigenvalue weighted by Gasteiger charge is -2.15. The second kappa shape index (κ2) is 14.7. The van der Waals surface area contributed by atoms with Crippen molar-refractivity contribution >= 4 is 65.3 Å². The fourth-order valence-electron chi connectivity index (χ4n) is 10.2. The smallest absolute Gasteiger partial charge is 0.263 e. The molecule has 0 amide bonds. The zero-order valence-corrected chi connectivity index (χ0v) is 35.3. The highest BCUT2D eigenvalue weighted by Crippen LogP contribution is 2.39. The molecule has 65 heavy (non-hydrogen) atoms. The molecule has 0 saturated carbocycles. The molecule has 0 unspecified atom stereocenters. The summed E-state index contributed by atoms with van der Waals surface area (Å²) in [7, 11) is 0. The standard InChI is InChI=1S/C61H39N3O/c65-61-52-23-8-7-20-49(52)53-37-43(40-14-3-1-4-15-40)28-35-60(53)64(61)47-31-26-41(27-32-47)42-16-13-19-48(36-42)63-57-25-12-10-22-51(57)55-39-45(30-34-59(55)63)44-29-33-58-54(38-44)50-21-9-11-24-56(50)62(58)46-17-5-2-6-18-46/h1-39H. The van der Waals surface area contributed by atoms with E-state index >= 15 is 0 Å². The number of hydrogen-bond acceptors (Lipinski definition) is 1. The Kier molecular flexibility index (Phi) is 8.33. The average molecular weight is 830 g/mol. The second-order valence-corrected chi connectivity index (χ2v) is 16.9. The van der Waals surface area contributed by atoms with Crippen LogP contribution in [-0.2, 0) is 0 Å². The fourth-order valence-corrected chi connectivity index (χ4v) is 10.2. The number of rotatable bonds is 6. The van der Waals surface area contributed by atoms with E-state index in [1.165, 1.54) is 43.7 Å². The molecule has 0 N–H and O–H groups in total. The van der Waals surface area contributed by atoms with E-state index in [0.29, 0.717) is 5.39 Å². The van der Waals surface area contributed by atoms with Crippen LogP contribution in [0.3, 0.4) is 0 Å². The van der Waals surface area contributed by atoms with Gasteiger partial charge < -0.3 is 9.13 Å². The van der Waals surface area contributed by atoms with E-state index in [4.69, 9.17) is 0 Å². The van der Waals surface area contributed by atoms with Gasteiger partial charge in [0.25, 0.3) is 5.56 Å². The lowest BCUT2D eigenvalue weighted by molar-refractivity contribution is 1.06. The van der Waals surface area contributed by atoms with Crippen molar-refractivity contribution in [2.75, 3.05) is 0 Å². The molecule has 13 aromatic rings. The zero-order valence-electron chi connectivity index (χ0n) is 35.3. The van der Waals surface area contributed by atoms with Gasteiger partial charge in [0.15, 0.2) is 0 Å². The molecular weight excluding hydrogens is 791 g/mol. The summed E-state index contributed by atoms with van der Waals surface area (Å²) in [5.74, 6) is 0. The first-order chi connectivity index (χ1) is 32.2. The van der Waals surface area contributed by atoms with E-state index in [0.717, 1.165) is 66.6 Å². The van der Waals surface area contributed by atoms with Crippen LogP contribution in [0.15, 0.2) is 241 Å². The van der Waals surface area contributed by atoms with Crippen molar-refractivity contribution in [1.29, 1.82) is 0 Å². The molecule has 0 aliphatic rings. The lowest BCUT2D eigenvalue weighted by Crippen LogP contribution is -2.19. The molecule has 0 spiro atoms. The van der Waals surface area contributed by atoms with Crippen LogP contribution in [0.25, 0.3) is 116 Å². The first kappa shape index (κ1) is 36.9. The topological polar surface area (TPSA) is 31.9 Å². The van der Waals surface area contributed by atoms with E-state index in [9.17, 15) is 4.79 Å². The Hall–Kier alpha value is -8.73. The van der Waals surface area contributed by atoms with Crippen LogP contribution in [0.2, 0.25) is 0 Å². The Labute approximate surface area is 374 Å². The minimum absolute atomic E-state index is 0.0268. The third kappa shape index (κ3) is 5.88. The van der Waals surface area contributed by atoms with Gasteiger partial charge in [-0.1, -0.05) is 146 Å². The molecule has 0 saturated heterocycles. The molecule has 10 aromatic carbocycles. The highest BCUT2D eigenvalue weighted by atomic mass is 16.1. The van der Waals surface area contributed by atoms with Crippen LogP contribution >= 0.6 is 0 Å². The summed E-state index contributed by atoms with van der Waals surface area (Å²) in [6, 6.07) is 83.7. The molecule has 3 aromatic heterocycles. The molecule has 0 fully saturated rings. The molecule has 4 nitrogen and oxygen atoms in total. The lowest BCUT2D eigenvalue weighted by atomic mass is 9.99. The van der Waals surface area contributed by atoms with Crippen LogP contribution in [0.4, 0.5) is 0 Å². The van der Waals surface area contributed by atoms with Crippen molar-refractivity contribution in [2.45, 2.75) is 0 Å². The number of nitrogens with zero attached hydrogens (tertiary/aromatic N) is 3. The van der Waals surface area contributed by atoms with Gasteiger partial charge in [-0.25, -0.2) is 0 Å². The third-order valence-corrected chi connectivity index (χ3v) is 13.3. The summed E-state index contributed by atoms with van der Waals surface area (Å²) >= 11 is 0. The molecule has 3 heterocycles. The molecule has 4 heteroatoms. The second-order valence-electron chi connectivity index (χ2n) is 16.9. The molecule has 0 atom stereocenters. The van der Waals surface area contributed by atoms with Crippen LogP contribution in [0.5, 0.6) is 0 Å². The van der Waals surface area contributed by atoms with Crippen molar-refractivity contribution in [3.8, 4) is 50.4 Å². The molecular formula is C61H39N3O. The van der Waals surface area contributed by atoms with Gasteiger partial charge in [-0.15, -0.1) is 0 Å². The van der Waals surface area contributed by atoms with Crippen molar-refractivity contribution in [3.05, 3.63) is 247 Å². The minimum Gasteiger partial charge on any atom is -0.309 e. The monoisotopic (exact) mass is 829 g/mol. The summed E-state index contributed by atoms with van der Waals surface area (Å²) < 4.78 is 6.61.